The first kappa shape index (κ1) is 13.7. The van der Waals surface area contributed by atoms with E-state index < -0.39 is 0 Å². The zero-order valence-corrected chi connectivity index (χ0v) is 12.2. The molecular formula is C14H18ClN3O. The van der Waals surface area contributed by atoms with Gasteiger partial charge in [0.1, 0.15) is 5.75 Å². The lowest BCUT2D eigenvalue weighted by Gasteiger charge is -2.12. The third-order valence-corrected chi connectivity index (χ3v) is 3.14. The summed E-state index contributed by atoms with van der Waals surface area (Å²) in [7, 11) is 1.65. The van der Waals surface area contributed by atoms with E-state index in [0.29, 0.717) is 11.6 Å². The number of methoxy groups -OCH3 is 1. The molecule has 0 spiro atoms. The highest BCUT2D eigenvalue weighted by molar-refractivity contribution is 6.30. The van der Waals surface area contributed by atoms with E-state index in [2.05, 4.69) is 23.4 Å². The van der Waals surface area contributed by atoms with E-state index in [1.807, 2.05) is 29.8 Å². The van der Waals surface area contributed by atoms with Crippen LogP contribution in [-0.4, -0.2) is 16.9 Å². The lowest BCUT2D eigenvalue weighted by Crippen LogP contribution is -2.08. The summed E-state index contributed by atoms with van der Waals surface area (Å²) < 4.78 is 7.29. The molecule has 0 aliphatic carbocycles. The Hall–Kier alpha value is -1.68. The van der Waals surface area contributed by atoms with Crippen molar-refractivity contribution in [3.05, 3.63) is 40.7 Å². The van der Waals surface area contributed by atoms with Crippen molar-refractivity contribution in [1.82, 2.24) is 9.78 Å². The molecule has 0 fully saturated rings. The highest BCUT2D eigenvalue weighted by Gasteiger charge is 2.07. The van der Waals surface area contributed by atoms with Crippen LogP contribution in [-0.2, 0) is 13.1 Å². The number of hydrogen-bond donors (Lipinski definition) is 1. The molecule has 4 nitrogen and oxygen atoms in total. The van der Waals surface area contributed by atoms with Crippen LogP contribution < -0.4 is 10.1 Å². The van der Waals surface area contributed by atoms with E-state index in [1.165, 1.54) is 0 Å². The monoisotopic (exact) mass is 279 g/mol. The second kappa shape index (κ2) is 5.97. The largest absolute Gasteiger partial charge is 0.495 e. The maximum atomic E-state index is 6.01. The maximum absolute atomic E-state index is 6.01. The van der Waals surface area contributed by atoms with Crippen LogP contribution in [0.1, 0.15) is 18.3 Å². The number of ether oxygens (including phenoxy) is 1. The zero-order chi connectivity index (χ0) is 13.8. The molecule has 19 heavy (non-hydrogen) atoms. The molecule has 0 radical (unpaired) electrons. The van der Waals surface area contributed by atoms with Gasteiger partial charge < -0.3 is 10.1 Å². The molecule has 2 aromatic rings. The SMILES string of the molecule is CCn1nc(C)cc1CNc1cc(Cl)ccc1OC. The lowest BCUT2D eigenvalue weighted by molar-refractivity contribution is 0.416. The maximum Gasteiger partial charge on any atom is 0.142 e. The topological polar surface area (TPSA) is 39.1 Å². The second-order valence-corrected chi connectivity index (χ2v) is 4.73. The van der Waals surface area contributed by atoms with E-state index >= 15 is 0 Å². The van der Waals surface area contributed by atoms with Crippen LogP contribution in [0.2, 0.25) is 5.02 Å². The van der Waals surface area contributed by atoms with Gasteiger partial charge in [-0.3, -0.25) is 4.68 Å². The van der Waals surface area contributed by atoms with Crippen LogP contribution in [0.3, 0.4) is 0 Å². The highest BCUT2D eigenvalue weighted by Crippen LogP contribution is 2.28. The minimum absolute atomic E-state index is 0.684. The van der Waals surface area contributed by atoms with Crippen LogP contribution in [0.4, 0.5) is 5.69 Å². The summed E-state index contributed by atoms with van der Waals surface area (Å²) in [6, 6.07) is 7.60. The lowest BCUT2D eigenvalue weighted by atomic mass is 10.2. The third-order valence-electron chi connectivity index (χ3n) is 2.91. The molecule has 1 aromatic carbocycles. The predicted octanol–water partition coefficient (Wildman–Crippen LogP) is 3.49. The van der Waals surface area contributed by atoms with Gasteiger partial charge in [-0.05, 0) is 38.1 Å². The summed E-state index contributed by atoms with van der Waals surface area (Å²) in [5.74, 6) is 0.781. The normalized spacial score (nSPS) is 10.5. The van der Waals surface area contributed by atoms with E-state index in [1.54, 1.807) is 7.11 Å². The molecule has 1 N–H and O–H groups in total. The second-order valence-electron chi connectivity index (χ2n) is 4.29. The van der Waals surface area contributed by atoms with Gasteiger partial charge in [-0.1, -0.05) is 11.6 Å². The fourth-order valence-electron chi connectivity index (χ4n) is 2.02. The molecule has 0 aliphatic rings. The molecule has 0 aliphatic heterocycles. The van der Waals surface area contributed by atoms with Crippen molar-refractivity contribution >= 4 is 17.3 Å². The van der Waals surface area contributed by atoms with Crippen molar-refractivity contribution in [2.45, 2.75) is 26.9 Å². The van der Waals surface area contributed by atoms with E-state index in [9.17, 15) is 0 Å². The van der Waals surface area contributed by atoms with Crippen molar-refractivity contribution < 1.29 is 4.74 Å². The van der Waals surface area contributed by atoms with Crippen molar-refractivity contribution in [1.29, 1.82) is 0 Å². The molecule has 0 saturated heterocycles. The minimum Gasteiger partial charge on any atom is -0.495 e. The fraction of sp³-hybridized carbons (Fsp3) is 0.357. The number of hydrogen-bond acceptors (Lipinski definition) is 3. The third kappa shape index (κ3) is 3.20. The Morgan fingerprint density at radius 2 is 2.16 bits per heavy atom. The van der Waals surface area contributed by atoms with Gasteiger partial charge >= 0.3 is 0 Å². The molecule has 0 atom stereocenters. The molecule has 1 heterocycles. The summed E-state index contributed by atoms with van der Waals surface area (Å²) in [5, 5.41) is 8.44. The van der Waals surface area contributed by atoms with Gasteiger partial charge in [-0.15, -0.1) is 0 Å². The van der Waals surface area contributed by atoms with E-state index in [0.717, 1.165) is 29.4 Å². The molecule has 0 saturated carbocycles. The zero-order valence-electron chi connectivity index (χ0n) is 11.4. The van der Waals surface area contributed by atoms with E-state index in [4.69, 9.17) is 16.3 Å². The number of nitrogens with zero attached hydrogens (tertiary/aromatic N) is 2. The number of nitrogens with one attached hydrogen (secondary N) is 1. The quantitative estimate of drug-likeness (QED) is 0.911. The number of anilines is 1. The summed E-state index contributed by atoms with van der Waals surface area (Å²) in [4.78, 5) is 0. The first-order valence-electron chi connectivity index (χ1n) is 6.24. The Balaban J connectivity index is 2.15. The van der Waals surface area contributed by atoms with Gasteiger partial charge in [-0.25, -0.2) is 0 Å². The number of aromatic nitrogens is 2. The Labute approximate surface area is 118 Å². The molecule has 1 aromatic heterocycles. The van der Waals surface area contributed by atoms with Gasteiger partial charge in [0.25, 0.3) is 0 Å². The Bertz CT molecular complexity index is 566. The van der Waals surface area contributed by atoms with Crippen LogP contribution in [0, 0.1) is 6.92 Å². The number of halogens is 1. The summed E-state index contributed by atoms with van der Waals surface area (Å²) in [6.45, 7) is 5.62. The first-order valence-corrected chi connectivity index (χ1v) is 6.62. The van der Waals surface area contributed by atoms with E-state index in [-0.39, 0.29) is 0 Å². The molecule has 0 bridgehead atoms. The summed E-state index contributed by atoms with van der Waals surface area (Å²) in [5.41, 5.74) is 3.05. The Kier molecular flexibility index (Phi) is 4.32. The fourth-order valence-corrected chi connectivity index (χ4v) is 2.19. The smallest absolute Gasteiger partial charge is 0.142 e. The van der Waals surface area contributed by atoms with Gasteiger partial charge in [-0.2, -0.15) is 5.10 Å². The molecule has 2 rings (SSSR count). The van der Waals surface area contributed by atoms with Crippen molar-refractivity contribution in [3.8, 4) is 5.75 Å². The van der Waals surface area contributed by atoms with Crippen LogP contribution >= 0.6 is 11.6 Å². The first-order chi connectivity index (χ1) is 9.13. The Morgan fingerprint density at radius 1 is 1.37 bits per heavy atom. The van der Waals surface area contributed by atoms with Crippen molar-refractivity contribution in [3.63, 3.8) is 0 Å². The predicted molar refractivity (Wildman–Crippen MR) is 78.0 cm³/mol. The minimum atomic E-state index is 0.684. The summed E-state index contributed by atoms with van der Waals surface area (Å²) in [6.07, 6.45) is 0. The standard InChI is InChI=1S/C14H18ClN3O/c1-4-18-12(7-10(2)17-18)9-16-13-8-11(15)5-6-14(13)19-3/h5-8,16H,4,9H2,1-3H3. The molecule has 0 amide bonds. The highest BCUT2D eigenvalue weighted by atomic mass is 35.5. The molecule has 5 heteroatoms. The van der Waals surface area contributed by atoms with Crippen LogP contribution in [0.15, 0.2) is 24.3 Å². The van der Waals surface area contributed by atoms with Gasteiger partial charge in [0.2, 0.25) is 0 Å². The van der Waals surface area contributed by atoms with Crippen molar-refractivity contribution in [2.75, 3.05) is 12.4 Å². The number of aryl methyl sites for hydroxylation is 2. The number of rotatable bonds is 5. The summed E-state index contributed by atoms with van der Waals surface area (Å²) >= 11 is 6.01. The van der Waals surface area contributed by atoms with Gasteiger partial charge in [0, 0.05) is 11.6 Å². The number of benzene rings is 1. The average Bonchev–Trinajstić information content (AvgIpc) is 2.77. The molecular weight excluding hydrogens is 262 g/mol. The van der Waals surface area contributed by atoms with Crippen LogP contribution in [0.5, 0.6) is 5.75 Å². The van der Waals surface area contributed by atoms with Crippen molar-refractivity contribution in [2.24, 2.45) is 0 Å². The van der Waals surface area contributed by atoms with Gasteiger partial charge in [0.15, 0.2) is 0 Å². The average molecular weight is 280 g/mol. The van der Waals surface area contributed by atoms with Crippen LogP contribution in [0.25, 0.3) is 0 Å². The molecule has 0 unspecified atom stereocenters. The van der Waals surface area contributed by atoms with Gasteiger partial charge in [0.05, 0.1) is 30.7 Å². The molecule has 102 valence electrons. The Morgan fingerprint density at radius 3 is 2.84 bits per heavy atom.